The molecule has 162 valence electrons. The van der Waals surface area contributed by atoms with E-state index in [-0.39, 0.29) is 0 Å². The molecular weight excluding hydrogens is 414 g/mol. The molecule has 0 radical (unpaired) electrons. The van der Waals surface area contributed by atoms with Crippen molar-refractivity contribution in [3.63, 3.8) is 0 Å². The SMILES string of the molecule is CN=C/C(=C\N)c1ccc2cnn(-c3ccnc(N4CCN(S(C)(=O)=O)CC4)c3)c2c1. The lowest BCUT2D eigenvalue weighted by Crippen LogP contribution is -2.48. The van der Waals surface area contributed by atoms with E-state index in [2.05, 4.69) is 20.0 Å². The molecule has 0 saturated carbocycles. The monoisotopic (exact) mass is 439 g/mol. The zero-order valence-electron chi connectivity index (χ0n) is 17.5. The molecule has 1 aromatic carbocycles. The zero-order valence-corrected chi connectivity index (χ0v) is 18.3. The first-order chi connectivity index (χ1) is 14.9. The highest BCUT2D eigenvalue weighted by Gasteiger charge is 2.24. The van der Waals surface area contributed by atoms with Crippen molar-refractivity contribution in [3.8, 4) is 5.69 Å². The molecule has 1 saturated heterocycles. The van der Waals surface area contributed by atoms with Crippen molar-refractivity contribution in [2.24, 2.45) is 10.7 Å². The maximum atomic E-state index is 11.8. The van der Waals surface area contributed by atoms with Gasteiger partial charge in [0.15, 0.2) is 0 Å². The number of aromatic nitrogens is 3. The molecule has 3 aromatic rings. The van der Waals surface area contributed by atoms with E-state index in [9.17, 15) is 8.42 Å². The van der Waals surface area contributed by atoms with Crippen LogP contribution in [-0.2, 0) is 10.0 Å². The number of hydrogen-bond acceptors (Lipinski definition) is 7. The number of sulfonamides is 1. The molecule has 9 nitrogen and oxygen atoms in total. The summed E-state index contributed by atoms with van der Waals surface area (Å²) in [6.45, 7) is 2.08. The number of nitrogens with zero attached hydrogens (tertiary/aromatic N) is 6. The van der Waals surface area contributed by atoms with Crippen LogP contribution in [0.2, 0.25) is 0 Å². The molecule has 3 heterocycles. The first kappa shape index (κ1) is 21.0. The number of fused-ring (bicyclic) bond motifs is 1. The summed E-state index contributed by atoms with van der Waals surface area (Å²) < 4.78 is 26.9. The molecule has 1 aliphatic rings. The lowest BCUT2D eigenvalue weighted by molar-refractivity contribution is 0.387. The van der Waals surface area contributed by atoms with Crippen molar-refractivity contribution < 1.29 is 8.42 Å². The highest BCUT2D eigenvalue weighted by Crippen LogP contribution is 2.24. The van der Waals surface area contributed by atoms with E-state index >= 15 is 0 Å². The van der Waals surface area contributed by atoms with Crippen molar-refractivity contribution in [3.05, 3.63) is 54.5 Å². The van der Waals surface area contributed by atoms with Gasteiger partial charge in [-0.15, -0.1) is 0 Å². The summed E-state index contributed by atoms with van der Waals surface area (Å²) in [5.41, 5.74) is 9.37. The number of hydrogen-bond donors (Lipinski definition) is 1. The molecule has 0 amide bonds. The fourth-order valence-corrected chi connectivity index (χ4v) is 4.54. The molecule has 0 unspecified atom stereocenters. The second kappa shape index (κ2) is 8.48. The predicted molar refractivity (Wildman–Crippen MR) is 124 cm³/mol. The number of nitrogens with two attached hydrogens (primary N) is 1. The van der Waals surface area contributed by atoms with Gasteiger partial charge in [-0.2, -0.15) is 9.40 Å². The Bertz CT molecular complexity index is 1260. The number of benzene rings is 1. The Balaban J connectivity index is 1.65. The van der Waals surface area contributed by atoms with Gasteiger partial charge in [-0.05, 0) is 17.7 Å². The van der Waals surface area contributed by atoms with Crippen LogP contribution >= 0.6 is 0 Å². The van der Waals surface area contributed by atoms with Gasteiger partial charge in [0, 0.05) is 68.9 Å². The number of piperazine rings is 1. The summed E-state index contributed by atoms with van der Waals surface area (Å²) in [6, 6.07) is 9.92. The molecule has 1 aliphatic heterocycles. The number of allylic oxidation sites excluding steroid dienone is 1. The lowest BCUT2D eigenvalue weighted by atomic mass is 10.1. The van der Waals surface area contributed by atoms with Gasteiger partial charge in [-0.3, -0.25) is 4.99 Å². The van der Waals surface area contributed by atoms with Crippen LogP contribution in [0.1, 0.15) is 5.56 Å². The molecule has 0 aliphatic carbocycles. The Kier molecular flexibility index (Phi) is 5.75. The topological polar surface area (TPSA) is 110 Å². The summed E-state index contributed by atoms with van der Waals surface area (Å²) in [6.07, 6.45) is 8.08. The maximum absolute atomic E-state index is 11.8. The van der Waals surface area contributed by atoms with Crippen LogP contribution < -0.4 is 10.6 Å². The van der Waals surface area contributed by atoms with E-state index < -0.39 is 10.0 Å². The highest BCUT2D eigenvalue weighted by molar-refractivity contribution is 7.88. The molecule has 0 bridgehead atoms. The quantitative estimate of drug-likeness (QED) is 0.604. The third-order valence-corrected chi connectivity index (χ3v) is 6.66. The standard InChI is InChI=1S/C21H25N7O2S/c1-23-14-18(13-22)16-3-4-17-15-25-28(20(17)11-16)19-5-6-24-21(12-19)26-7-9-27(10-8-26)31(2,29)30/h3-6,11-15H,7-10,22H2,1-2H3/b18-13+,23-14?. The van der Waals surface area contributed by atoms with Crippen LogP contribution in [0.5, 0.6) is 0 Å². The minimum atomic E-state index is -3.17. The fraction of sp³-hybridized carbons (Fsp3) is 0.286. The van der Waals surface area contributed by atoms with Crippen molar-refractivity contribution in [2.45, 2.75) is 0 Å². The Morgan fingerprint density at radius 2 is 1.94 bits per heavy atom. The summed E-state index contributed by atoms with van der Waals surface area (Å²) >= 11 is 0. The number of rotatable bonds is 5. The number of pyridine rings is 1. The van der Waals surface area contributed by atoms with Crippen molar-refractivity contribution >= 4 is 38.5 Å². The second-order valence-electron chi connectivity index (χ2n) is 7.36. The summed E-state index contributed by atoms with van der Waals surface area (Å²) in [4.78, 5) is 10.7. The Hall–Kier alpha value is -3.24. The van der Waals surface area contributed by atoms with Gasteiger partial charge in [-0.25, -0.2) is 18.1 Å². The Labute approximate surface area is 181 Å². The molecule has 31 heavy (non-hydrogen) atoms. The summed E-state index contributed by atoms with van der Waals surface area (Å²) in [5.74, 6) is 0.797. The third-order valence-electron chi connectivity index (χ3n) is 5.36. The van der Waals surface area contributed by atoms with Crippen LogP contribution in [0.4, 0.5) is 5.82 Å². The van der Waals surface area contributed by atoms with Gasteiger partial charge in [0.1, 0.15) is 5.82 Å². The van der Waals surface area contributed by atoms with E-state index in [1.807, 2.05) is 41.2 Å². The average molecular weight is 440 g/mol. The van der Waals surface area contributed by atoms with E-state index in [1.54, 1.807) is 19.5 Å². The van der Waals surface area contributed by atoms with Gasteiger partial charge in [0.05, 0.1) is 23.7 Å². The van der Waals surface area contributed by atoms with Crippen molar-refractivity contribution in [1.82, 2.24) is 19.1 Å². The van der Waals surface area contributed by atoms with E-state index in [0.717, 1.165) is 33.5 Å². The first-order valence-electron chi connectivity index (χ1n) is 9.89. The normalized spacial score (nSPS) is 16.5. The smallest absolute Gasteiger partial charge is 0.211 e. The zero-order chi connectivity index (χ0) is 22.0. The molecule has 2 aromatic heterocycles. The molecule has 0 spiro atoms. The van der Waals surface area contributed by atoms with Crippen LogP contribution in [0.3, 0.4) is 0 Å². The minimum Gasteiger partial charge on any atom is -0.404 e. The molecule has 10 heteroatoms. The molecule has 2 N–H and O–H groups in total. The summed E-state index contributed by atoms with van der Waals surface area (Å²) in [7, 11) is -1.46. The molecular formula is C21H25N7O2S. The number of aliphatic imine (C=N–C) groups is 1. The maximum Gasteiger partial charge on any atom is 0.211 e. The summed E-state index contributed by atoms with van der Waals surface area (Å²) in [5, 5.41) is 5.57. The van der Waals surface area contributed by atoms with Gasteiger partial charge in [-0.1, -0.05) is 12.1 Å². The van der Waals surface area contributed by atoms with E-state index in [0.29, 0.717) is 26.2 Å². The molecule has 1 fully saturated rings. The third kappa shape index (κ3) is 4.30. The average Bonchev–Trinajstić information content (AvgIpc) is 3.20. The highest BCUT2D eigenvalue weighted by atomic mass is 32.2. The van der Waals surface area contributed by atoms with Gasteiger partial charge in [0.2, 0.25) is 10.0 Å². The minimum absolute atomic E-state index is 0.450. The van der Waals surface area contributed by atoms with Gasteiger partial charge < -0.3 is 10.6 Å². The predicted octanol–water partition coefficient (Wildman–Crippen LogP) is 1.50. The van der Waals surface area contributed by atoms with Crippen molar-refractivity contribution in [2.75, 3.05) is 44.4 Å². The van der Waals surface area contributed by atoms with Crippen LogP contribution in [0, 0.1) is 0 Å². The van der Waals surface area contributed by atoms with Gasteiger partial charge >= 0.3 is 0 Å². The van der Waals surface area contributed by atoms with Crippen LogP contribution in [0.25, 0.3) is 22.2 Å². The van der Waals surface area contributed by atoms with Crippen LogP contribution in [-0.4, -0.2) is 73.2 Å². The Morgan fingerprint density at radius 3 is 2.61 bits per heavy atom. The second-order valence-corrected chi connectivity index (χ2v) is 9.34. The number of anilines is 1. The fourth-order valence-electron chi connectivity index (χ4n) is 3.72. The van der Waals surface area contributed by atoms with Crippen LogP contribution in [0.15, 0.2) is 53.9 Å². The Morgan fingerprint density at radius 1 is 1.16 bits per heavy atom. The van der Waals surface area contributed by atoms with Crippen molar-refractivity contribution in [1.29, 1.82) is 0 Å². The lowest BCUT2D eigenvalue weighted by Gasteiger charge is -2.34. The van der Waals surface area contributed by atoms with E-state index in [4.69, 9.17) is 5.73 Å². The largest absolute Gasteiger partial charge is 0.404 e. The van der Waals surface area contributed by atoms with E-state index in [1.165, 1.54) is 16.8 Å². The molecule has 4 rings (SSSR count). The first-order valence-corrected chi connectivity index (χ1v) is 11.7. The van der Waals surface area contributed by atoms with Gasteiger partial charge in [0.25, 0.3) is 0 Å². The molecule has 0 atom stereocenters.